The van der Waals surface area contributed by atoms with Crippen molar-refractivity contribution < 1.29 is 19.7 Å². The molecule has 1 heterocycles. The molecular weight excluding hydrogens is 316 g/mol. The summed E-state index contributed by atoms with van der Waals surface area (Å²) in [6, 6.07) is 1.85. The van der Waals surface area contributed by atoms with E-state index >= 15 is 0 Å². The Balaban J connectivity index is 2.12. The number of aromatic hydroxyl groups is 1. The second kappa shape index (κ2) is 6.74. The summed E-state index contributed by atoms with van der Waals surface area (Å²) in [5.74, 6) is -0.496. The Morgan fingerprint density at radius 1 is 1.40 bits per heavy atom. The highest BCUT2D eigenvalue weighted by Gasteiger charge is 2.44. The lowest BCUT2D eigenvalue weighted by Gasteiger charge is -2.44. The molecule has 2 unspecified atom stereocenters. The van der Waals surface area contributed by atoms with Gasteiger partial charge in [0.05, 0.1) is 6.61 Å². The number of ether oxygens (including phenoxy) is 1. The van der Waals surface area contributed by atoms with Crippen molar-refractivity contribution in [1.82, 2.24) is 0 Å². The number of rotatable bonds is 5. The molecule has 1 aliphatic heterocycles. The predicted molar refractivity (Wildman–Crippen MR) is 97.6 cm³/mol. The Bertz CT molecular complexity index is 719. The fourth-order valence-electron chi connectivity index (χ4n) is 4.18. The van der Waals surface area contributed by atoms with Crippen LogP contribution in [-0.4, -0.2) is 22.8 Å². The zero-order valence-corrected chi connectivity index (χ0v) is 15.4. The monoisotopic (exact) mass is 344 g/mol. The van der Waals surface area contributed by atoms with E-state index in [1.165, 1.54) is 5.57 Å². The van der Waals surface area contributed by atoms with Crippen molar-refractivity contribution in [2.24, 2.45) is 5.41 Å². The number of unbranched alkanes of at least 4 members (excludes halogenated alkanes) is 2. The molecule has 2 N–H and O–H groups in total. The minimum absolute atomic E-state index is 0.00721. The van der Waals surface area contributed by atoms with Gasteiger partial charge in [-0.05, 0) is 44.2 Å². The zero-order valence-electron chi connectivity index (χ0n) is 15.4. The third-order valence-electron chi connectivity index (χ3n) is 5.81. The maximum absolute atomic E-state index is 11.8. The number of benzene rings is 1. The van der Waals surface area contributed by atoms with Crippen molar-refractivity contribution in [3.8, 4) is 11.5 Å². The standard InChI is InChI=1S/C21H28O4/c1-4-5-6-7-14-11-16-18(19(22)17(14)20(23)24)15-10-13(2)8-9-21(15,3)12-25-16/h10-11,15,22H,4-9,12H2,1-3H3,(H,23,24). The van der Waals surface area contributed by atoms with Gasteiger partial charge in [0.1, 0.15) is 17.1 Å². The molecule has 4 nitrogen and oxygen atoms in total. The first-order valence-corrected chi connectivity index (χ1v) is 9.29. The van der Waals surface area contributed by atoms with E-state index in [0.29, 0.717) is 29.9 Å². The molecule has 0 radical (unpaired) electrons. The number of aryl methyl sites for hydroxylation is 1. The number of carboxylic acid groups (broad SMARTS) is 1. The normalized spacial score (nSPS) is 24.8. The Morgan fingerprint density at radius 2 is 2.16 bits per heavy atom. The van der Waals surface area contributed by atoms with Crippen LogP contribution in [0.5, 0.6) is 11.5 Å². The van der Waals surface area contributed by atoms with Crippen LogP contribution in [0.2, 0.25) is 0 Å². The molecule has 136 valence electrons. The van der Waals surface area contributed by atoms with Gasteiger partial charge in [0.2, 0.25) is 0 Å². The lowest BCUT2D eigenvalue weighted by molar-refractivity contribution is 0.0689. The molecule has 0 saturated carbocycles. The van der Waals surface area contributed by atoms with Crippen LogP contribution in [-0.2, 0) is 6.42 Å². The van der Waals surface area contributed by atoms with Crippen LogP contribution in [0, 0.1) is 5.41 Å². The van der Waals surface area contributed by atoms with Crippen LogP contribution in [0.3, 0.4) is 0 Å². The first-order valence-electron chi connectivity index (χ1n) is 9.29. The molecule has 4 heteroatoms. The predicted octanol–water partition coefficient (Wildman–Crippen LogP) is 5.05. The van der Waals surface area contributed by atoms with Crippen LogP contribution in [0.4, 0.5) is 0 Å². The Hall–Kier alpha value is -1.97. The number of carboxylic acids is 1. The molecule has 1 aliphatic carbocycles. The van der Waals surface area contributed by atoms with Crippen molar-refractivity contribution in [2.45, 2.75) is 65.2 Å². The van der Waals surface area contributed by atoms with Gasteiger partial charge in [0.15, 0.2) is 0 Å². The van der Waals surface area contributed by atoms with Crippen molar-refractivity contribution in [3.05, 3.63) is 34.4 Å². The number of hydrogen-bond acceptors (Lipinski definition) is 3. The van der Waals surface area contributed by atoms with Crippen molar-refractivity contribution in [3.63, 3.8) is 0 Å². The molecule has 2 aliphatic rings. The van der Waals surface area contributed by atoms with E-state index in [4.69, 9.17) is 4.74 Å². The second-order valence-electron chi connectivity index (χ2n) is 7.87. The van der Waals surface area contributed by atoms with Gasteiger partial charge in [-0.1, -0.05) is 38.3 Å². The number of fused-ring (bicyclic) bond motifs is 3. The molecule has 0 fully saturated rings. The Kier molecular flexibility index (Phi) is 4.81. The molecule has 25 heavy (non-hydrogen) atoms. The van der Waals surface area contributed by atoms with E-state index in [-0.39, 0.29) is 22.6 Å². The van der Waals surface area contributed by atoms with Crippen LogP contribution in [0.15, 0.2) is 17.7 Å². The van der Waals surface area contributed by atoms with E-state index in [1.54, 1.807) is 0 Å². The fraction of sp³-hybridized carbons (Fsp3) is 0.571. The number of allylic oxidation sites excluding steroid dienone is 2. The molecule has 0 saturated heterocycles. The summed E-state index contributed by atoms with van der Waals surface area (Å²) in [6.07, 6.45) is 7.87. The topological polar surface area (TPSA) is 66.8 Å². The Labute approximate surface area is 149 Å². The lowest BCUT2D eigenvalue weighted by Crippen LogP contribution is -2.38. The minimum Gasteiger partial charge on any atom is -0.507 e. The van der Waals surface area contributed by atoms with Crippen molar-refractivity contribution in [1.29, 1.82) is 0 Å². The second-order valence-corrected chi connectivity index (χ2v) is 7.87. The maximum atomic E-state index is 11.8. The summed E-state index contributed by atoms with van der Waals surface area (Å²) in [5.41, 5.74) is 2.59. The summed E-state index contributed by atoms with van der Waals surface area (Å²) >= 11 is 0. The number of phenols is 1. The van der Waals surface area contributed by atoms with Gasteiger partial charge < -0.3 is 14.9 Å². The molecule has 0 spiro atoms. The van der Waals surface area contributed by atoms with Gasteiger partial charge in [-0.3, -0.25) is 0 Å². The van der Waals surface area contributed by atoms with Gasteiger partial charge in [-0.15, -0.1) is 0 Å². The molecule has 0 bridgehead atoms. The zero-order chi connectivity index (χ0) is 18.2. The molecule has 1 aromatic carbocycles. The molecule has 0 amide bonds. The average Bonchev–Trinajstić information content (AvgIpc) is 2.55. The van der Waals surface area contributed by atoms with E-state index in [0.717, 1.165) is 32.1 Å². The van der Waals surface area contributed by atoms with Crippen LogP contribution >= 0.6 is 0 Å². The van der Waals surface area contributed by atoms with Gasteiger partial charge in [0, 0.05) is 16.9 Å². The molecule has 2 atom stereocenters. The van der Waals surface area contributed by atoms with E-state index in [2.05, 4.69) is 26.8 Å². The molecule has 3 rings (SSSR count). The van der Waals surface area contributed by atoms with Crippen LogP contribution in [0.1, 0.15) is 80.3 Å². The summed E-state index contributed by atoms with van der Waals surface area (Å²) in [7, 11) is 0. The van der Waals surface area contributed by atoms with Gasteiger partial charge in [-0.2, -0.15) is 0 Å². The largest absolute Gasteiger partial charge is 0.507 e. The van der Waals surface area contributed by atoms with Crippen LogP contribution < -0.4 is 4.74 Å². The van der Waals surface area contributed by atoms with E-state index in [1.807, 2.05) is 6.07 Å². The van der Waals surface area contributed by atoms with Gasteiger partial charge in [-0.25, -0.2) is 4.79 Å². The quantitative estimate of drug-likeness (QED) is 0.580. The summed E-state index contributed by atoms with van der Waals surface area (Å²) < 4.78 is 6.01. The first kappa shape index (κ1) is 17.8. The Morgan fingerprint density at radius 3 is 2.84 bits per heavy atom. The smallest absolute Gasteiger partial charge is 0.339 e. The van der Waals surface area contributed by atoms with Crippen molar-refractivity contribution in [2.75, 3.05) is 6.61 Å². The number of hydrogen-bond donors (Lipinski definition) is 2. The highest BCUT2D eigenvalue weighted by atomic mass is 16.5. The third-order valence-corrected chi connectivity index (χ3v) is 5.81. The molecule has 0 aromatic heterocycles. The van der Waals surface area contributed by atoms with Gasteiger partial charge in [0.25, 0.3) is 0 Å². The SMILES string of the molecule is CCCCCc1cc2c(c(O)c1C(=O)O)C1C=C(C)CCC1(C)CO2. The van der Waals surface area contributed by atoms with Gasteiger partial charge >= 0.3 is 5.97 Å². The highest BCUT2D eigenvalue weighted by Crippen LogP contribution is 2.55. The van der Waals surface area contributed by atoms with E-state index in [9.17, 15) is 15.0 Å². The molecule has 1 aromatic rings. The maximum Gasteiger partial charge on any atom is 0.339 e. The van der Waals surface area contributed by atoms with E-state index < -0.39 is 5.97 Å². The minimum atomic E-state index is -1.06. The average molecular weight is 344 g/mol. The molecular formula is C21H28O4. The summed E-state index contributed by atoms with van der Waals surface area (Å²) in [4.78, 5) is 11.8. The fourth-order valence-corrected chi connectivity index (χ4v) is 4.18. The number of aromatic carboxylic acids is 1. The van der Waals surface area contributed by atoms with Crippen LogP contribution in [0.25, 0.3) is 0 Å². The number of carbonyl (C=O) groups is 1. The highest BCUT2D eigenvalue weighted by molar-refractivity contribution is 5.94. The summed E-state index contributed by atoms with van der Waals surface area (Å²) in [5, 5.41) is 20.6. The lowest BCUT2D eigenvalue weighted by atomic mass is 9.65. The van der Waals surface area contributed by atoms with Crippen molar-refractivity contribution >= 4 is 5.97 Å². The third kappa shape index (κ3) is 3.14. The summed E-state index contributed by atoms with van der Waals surface area (Å²) in [6.45, 7) is 6.99. The first-order chi connectivity index (χ1) is 11.9.